The first-order valence-corrected chi connectivity index (χ1v) is 7.90. The number of thiazole rings is 1. The summed E-state index contributed by atoms with van der Waals surface area (Å²) in [6.45, 7) is 4.70. The second-order valence-electron chi connectivity index (χ2n) is 5.20. The van der Waals surface area contributed by atoms with Gasteiger partial charge in [0.25, 0.3) is 0 Å². The molecule has 0 unspecified atom stereocenters. The van der Waals surface area contributed by atoms with E-state index in [4.69, 9.17) is 0 Å². The van der Waals surface area contributed by atoms with E-state index in [9.17, 15) is 9.90 Å². The van der Waals surface area contributed by atoms with Crippen molar-refractivity contribution >= 4 is 17.2 Å². The number of rotatable bonds is 6. The molecule has 1 aromatic carbocycles. The number of nitrogens with zero attached hydrogens (tertiary/aromatic N) is 2. The molecule has 5 heteroatoms. The van der Waals surface area contributed by atoms with Gasteiger partial charge in [0.1, 0.15) is 5.75 Å². The van der Waals surface area contributed by atoms with E-state index >= 15 is 0 Å². The predicted molar refractivity (Wildman–Crippen MR) is 84.5 cm³/mol. The molecule has 1 N–H and O–H groups in total. The van der Waals surface area contributed by atoms with Crippen LogP contribution < -0.4 is 0 Å². The number of phenolic OH excluding ortho intramolecular Hbond substituents is 1. The van der Waals surface area contributed by atoms with E-state index < -0.39 is 0 Å². The number of benzene rings is 1. The van der Waals surface area contributed by atoms with E-state index in [2.05, 4.69) is 4.98 Å². The first-order valence-electron chi connectivity index (χ1n) is 7.02. The Morgan fingerprint density at radius 2 is 2.24 bits per heavy atom. The number of aromatic nitrogens is 1. The van der Waals surface area contributed by atoms with Crippen LogP contribution >= 0.6 is 11.3 Å². The zero-order chi connectivity index (χ0) is 15.2. The second-order valence-corrected chi connectivity index (χ2v) is 6.18. The largest absolute Gasteiger partial charge is 0.508 e. The summed E-state index contributed by atoms with van der Waals surface area (Å²) >= 11 is 1.61. The number of hydrogen-bond donors (Lipinski definition) is 1. The Hall–Kier alpha value is -1.88. The Morgan fingerprint density at radius 1 is 1.43 bits per heavy atom. The van der Waals surface area contributed by atoms with Crippen LogP contribution in [0.4, 0.5) is 0 Å². The molecule has 0 bridgehead atoms. The van der Waals surface area contributed by atoms with Crippen molar-refractivity contribution < 1.29 is 9.90 Å². The van der Waals surface area contributed by atoms with Crippen molar-refractivity contribution in [1.82, 2.24) is 9.88 Å². The molecule has 1 heterocycles. The molecule has 0 atom stereocenters. The van der Waals surface area contributed by atoms with Gasteiger partial charge < -0.3 is 10.0 Å². The summed E-state index contributed by atoms with van der Waals surface area (Å²) < 4.78 is 0. The Bertz CT molecular complexity index is 582. The standard InChI is InChI=1S/C16H20N2O2S/c1-12(2)18(8-6-15-17-7-9-21-15)16(20)11-13-4-3-5-14(19)10-13/h3-5,7,9-10,12,19H,6,8,11H2,1-2H3. The SMILES string of the molecule is CC(C)N(CCc1nccs1)C(=O)Cc1cccc(O)c1. The predicted octanol–water partition coefficient (Wildman–Crippen LogP) is 2.87. The minimum absolute atomic E-state index is 0.0761. The highest BCUT2D eigenvalue weighted by Gasteiger charge is 2.17. The Balaban J connectivity index is 1.98. The Morgan fingerprint density at radius 3 is 2.86 bits per heavy atom. The normalized spacial score (nSPS) is 10.8. The summed E-state index contributed by atoms with van der Waals surface area (Å²) in [5.41, 5.74) is 0.833. The number of carbonyl (C=O) groups excluding carboxylic acids is 1. The maximum absolute atomic E-state index is 12.5. The number of carbonyl (C=O) groups is 1. The maximum Gasteiger partial charge on any atom is 0.227 e. The van der Waals surface area contributed by atoms with E-state index in [1.54, 1.807) is 35.7 Å². The summed E-state index contributed by atoms with van der Waals surface area (Å²) in [5.74, 6) is 0.270. The van der Waals surface area contributed by atoms with Gasteiger partial charge in [0.15, 0.2) is 0 Å². The lowest BCUT2D eigenvalue weighted by Crippen LogP contribution is -2.39. The topological polar surface area (TPSA) is 53.4 Å². The highest BCUT2D eigenvalue weighted by Crippen LogP contribution is 2.14. The van der Waals surface area contributed by atoms with Crippen LogP contribution in [0.25, 0.3) is 0 Å². The molecule has 0 saturated heterocycles. The molecule has 0 aliphatic heterocycles. The molecule has 2 aromatic rings. The lowest BCUT2D eigenvalue weighted by molar-refractivity contribution is -0.132. The summed E-state index contributed by atoms with van der Waals surface area (Å²) in [6.07, 6.45) is 2.88. The lowest BCUT2D eigenvalue weighted by atomic mass is 10.1. The van der Waals surface area contributed by atoms with Crippen molar-refractivity contribution in [1.29, 1.82) is 0 Å². The molecule has 0 aliphatic rings. The van der Waals surface area contributed by atoms with Gasteiger partial charge in [-0.3, -0.25) is 4.79 Å². The fourth-order valence-electron chi connectivity index (χ4n) is 2.21. The molecule has 112 valence electrons. The third kappa shape index (κ3) is 4.56. The fraction of sp³-hybridized carbons (Fsp3) is 0.375. The molecule has 21 heavy (non-hydrogen) atoms. The van der Waals surface area contributed by atoms with Crippen molar-refractivity contribution in [2.24, 2.45) is 0 Å². The number of hydrogen-bond acceptors (Lipinski definition) is 4. The first kappa shape index (κ1) is 15.5. The average Bonchev–Trinajstić information content (AvgIpc) is 2.91. The summed E-state index contributed by atoms with van der Waals surface area (Å²) in [7, 11) is 0. The van der Waals surface area contributed by atoms with Crippen LogP contribution in [0.3, 0.4) is 0 Å². The van der Waals surface area contributed by atoms with Gasteiger partial charge in [-0.1, -0.05) is 12.1 Å². The molecular formula is C16H20N2O2S. The number of phenols is 1. The minimum atomic E-state index is 0.0761. The van der Waals surface area contributed by atoms with E-state index in [1.165, 1.54) is 0 Å². The summed E-state index contributed by atoms with van der Waals surface area (Å²) in [4.78, 5) is 18.6. The van der Waals surface area contributed by atoms with Crippen molar-refractivity contribution in [2.75, 3.05) is 6.54 Å². The highest BCUT2D eigenvalue weighted by atomic mass is 32.1. The average molecular weight is 304 g/mol. The fourth-order valence-corrected chi connectivity index (χ4v) is 2.82. The molecule has 0 saturated carbocycles. The van der Waals surface area contributed by atoms with Gasteiger partial charge in [-0.05, 0) is 31.5 Å². The molecule has 1 amide bonds. The van der Waals surface area contributed by atoms with Gasteiger partial charge >= 0.3 is 0 Å². The molecule has 0 aliphatic carbocycles. The summed E-state index contributed by atoms with van der Waals surface area (Å²) in [6, 6.07) is 7.01. The third-order valence-corrected chi connectivity index (χ3v) is 4.10. The van der Waals surface area contributed by atoms with Crippen LogP contribution in [0.15, 0.2) is 35.8 Å². The zero-order valence-electron chi connectivity index (χ0n) is 12.3. The Labute approximate surface area is 129 Å². The monoisotopic (exact) mass is 304 g/mol. The van der Waals surface area contributed by atoms with E-state index in [1.807, 2.05) is 30.2 Å². The van der Waals surface area contributed by atoms with Crippen LogP contribution in [-0.2, 0) is 17.6 Å². The smallest absolute Gasteiger partial charge is 0.227 e. The van der Waals surface area contributed by atoms with Crippen LogP contribution in [0.1, 0.15) is 24.4 Å². The molecule has 4 nitrogen and oxygen atoms in total. The van der Waals surface area contributed by atoms with Crippen LogP contribution in [0, 0.1) is 0 Å². The minimum Gasteiger partial charge on any atom is -0.508 e. The molecule has 0 spiro atoms. The Kier molecular flexibility index (Phi) is 5.33. The van der Waals surface area contributed by atoms with Gasteiger partial charge in [-0.2, -0.15) is 0 Å². The molecular weight excluding hydrogens is 284 g/mol. The van der Waals surface area contributed by atoms with E-state index in [0.717, 1.165) is 17.0 Å². The maximum atomic E-state index is 12.5. The third-order valence-electron chi connectivity index (χ3n) is 3.26. The van der Waals surface area contributed by atoms with Gasteiger partial charge in [0.05, 0.1) is 11.4 Å². The van der Waals surface area contributed by atoms with Crippen molar-refractivity contribution in [3.8, 4) is 5.75 Å². The molecule has 0 radical (unpaired) electrons. The number of aromatic hydroxyl groups is 1. The number of amides is 1. The van der Waals surface area contributed by atoms with Gasteiger partial charge in [0, 0.05) is 30.6 Å². The highest BCUT2D eigenvalue weighted by molar-refractivity contribution is 7.09. The van der Waals surface area contributed by atoms with E-state index in [0.29, 0.717) is 13.0 Å². The van der Waals surface area contributed by atoms with Gasteiger partial charge in [-0.15, -0.1) is 11.3 Å². The van der Waals surface area contributed by atoms with Gasteiger partial charge in [-0.25, -0.2) is 4.98 Å². The van der Waals surface area contributed by atoms with Crippen LogP contribution in [0.2, 0.25) is 0 Å². The van der Waals surface area contributed by atoms with E-state index in [-0.39, 0.29) is 17.7 Å². The quantitative estimate of drug-likeness (QED) is 0.893. The van der Waals surface area contributed by atoms with Crippen LogP contribution in [0.5, 0.6) is 5.75 Å². The second kappa shape index (κ2) is 7.22. The van der Waals surface area contributed by atoms with Gasteiger partial charge in [0.2, 0.25) is 5.91 Å². The molecule has 0 fully saturated rings. The van der Waals surface area contributed by atoms with Crippen molar-refractivity contribution in [3.05, 3.63) is 46.4 Å². The van der Waals surface area contributed by atoms with Crippen LogP contribution in [-0.4, -0.2) is 33.5 Å². The molecule has 1 aromatic heterocycles. The first-order chi connectivity index (χ1) is 10.1. The van der Waals surface area contributed by atoms with Crippen molar-refractivity contribution in [3.63, 3.8) is 0 Å². The molecule has 2 rings (SSSR count). The summed E-state index contributed by atoms with van der Waals surface area (Å²) in [5, 5.41) is 12.5. The lowest BCUT2D eigenvalue weighted by Gasteiger charge is -2.26. The van der Waals surface area contributed by atoms with Crippen molar-refractivity contribution in [2.45, 2.75) is 32.7 Å². The zero-order valence-corrected chi connectivity index (χ0v) is 13.1.